The summed E-state index contributed by atoms with van der Waals surface area (Å²) in [7, 11) is -3.73. The molecule has 1 saturated carbocycles. The number of anilines is 1. The molecule has 0 aliphatic heterocycles. The van der Waals surface area contributed by atoms with Crippen LogP contribution in [0.15, 0.2) is 83.8 Å². The Bertz CT molecular complexity index is 1340. The molecule has 0 unspecified atom stereocenters. The Kier molecular flexibility index (Phi) is 7.94. The van der Waals surface area contributed by atoms with Crippen LogP contribution in [-0.2, 0) is 29.8 Å². The minimum atomic E-state index is -3.73. The summed E-state index contributed by atoms with van der Waals surface area (Å²) < 4.78 is 38.8. The van der Waals surface area contributed by atoms with Gasteiger partial charge in [0.15, 0.2) is 6.61 Å². The van der Waals surface area contributed by atoms with Gasteiger partial charge in [0.05, 0.1) is 16.9 Å². The Morgan fingerprint density at radius 2 is 1.59 bits per heavy atom. The van der Waals surface area contributed by atoms with Gasteiger partial charge < -0.3 is 14.8 Å². The maximum Gasteiger partial charge on any atom is 0.316 e. The quantitative estimate of drug-likeness (QED) is 0.363. The molecule has 1 aliphatic carbocycles. The number of carbonyl (C=O) groups excluding carboxylic acids is 2. The third kappa shape index (κ3) is 6.36. The molecule has 1 aliphatic rings. The highest BCUT2D eigenvalue weighted by Crippen LogP contribution is 2.49. The summed E-state index contributed by atoms with van der Waals surface area (Å²) in [5, 5.41) is 2.75. The summed E-state index contributed by atoms with van der Waals surface area (Å²) in [6, 6.07) is 21.9. The van der Waals surface area contributed by atoms with E-state index in [1.165, 1.54) is 24.3 Å². The van der Waals surface area contributed by atoms with Gasteiger partial charge in [0, 0.05) is 11.7 Å². The molecule has 37 heavy (non-hydrogen) atoms. The van der Waals surface area contributed by atoms with Crippen molar-refractivity contribution in [1.29, 1.82) is 0 Å². The zero-order valence-corrected chi connectivity index (χ0v) is 21.6. The second-order valence-corrected chi connectivity index (χ2v) is 10.7. The number of amides is 1. The third-order valence-electron chi connectivity index (χ3n) is 6.27. The standard InChI is InChI=1S/C28H30N2O6S/c1-3-35-27(32)28(17-18-28)22-9-11-23(12-10-22)29-26(31)19-36-24-13-15-25(16-14-24)37(33,34)30-20(2)21-7-5-4-6-8-21/h4-16,20,30H,3,17-19H2,1-2H3,(H,29,31)/t20-/m0/s1. The Hall–Kier alpha value is -3.69. The predicted octanol–water partition coefficient (Wildman–Crippen LogP) is 4.34. The minimum Gasteiger partial charge on any atom is -0.484 e. The van der Waals surface area contributed by atoms with E-state index in [2.05, 4.69) is 10.0 Å². The molecule has 1 atom stereocenters. The lowest BCUT2D eigenvalue weighted by atomic mass is 9.96. The van der Waals surface area contributed by atoms with Crippen LogP contribution in [0.3, 0.4) is 0 Å². The average Bonchev–Trinajstić information content (AvgIpc) is 3.71. The van der Waals surface area contributed by atoms with Crippen LogP contribution in [0.4, 0.5) is 5.69 Å². The van der Waals surface area contributed by atoms with Crippen LogP contribution >= 0.6 is 0 Å². The van der Waals surface area contributed by atoms with Crippen molar-refractivity contribution < 1.29 is 27.5 Å². The van der Waals surface area contributed by atoms with Gasteiger partial charge in [-0.1, -0.05) is 42.5 Å². The van der Waals surface area contributed by atoms with Gasteiger partial charge in [-0.15, -0.1) is 0 Å². The molecule has 1 amide bonds. The van der Waals surface area contributed by atoms with Crippen LogP contribution in [0.2, 0.25) is 0 Å². The highest BCUT2D eigenvalue weighted by Gasteiger charge is 2.52. The molecule has 3 aromatic carbocycles. The summed E-state index contributed by atoms with van der Waals surface area (Å²) in [6.07, 6.45) is 1.52. The number of nitrogens with one attached hydrogen (secondary N) is 2. The van der Waals surface area contributed by atoms with E-state index in [9.17, 15) is 18.0 Å². The van der Waals surface area contributed by atoms with Gasteiger partial charge in [-0.25, -0.2) is 13.1 Å². The first-order valence-corrected chi connectivity index (χ1v) is 13.6. The maximum absolute atomic E-state index is 12.7. The van der Waals surface area contributed by atoms with Crippen molar-refractivity contribution in [2.45, 2.75) is 43.0 Å². The molecule has 194 valence electrons. The first-order chi connectivity index (χ1) is 17.7. The highest BCUT2D eigenvalue weighted by atomic mass is 32.2. The molecular weight excluding hydrogens is 492 g/mol. The van der Waals surface area contributed by atoms with E-state index in [4.69, 9.17) is 9.47 Å². The Morgan fingerprint density at radius 1 is 0.946 bits per heavy atom. The van der Waals surface area contributed by atoms with Crippen molar-refractivity contribution in [1.82, 2.24) is 4.72 Å². The summed E-state index contributed by atoms with van der Waals surface area (Å²) in [4.78, 5) is 24.7. The maximum atomic E-state index is 12.7. The summed E-state index contributed by atoms with van der Waals surface area (Å²) in [5.74, 6) is -0.208. The fourth-order valence-corrected chi connectivity index (χ4v) is 5.28. The molecule has 1 fully saturated rings. The molecule has 3 aromatic rings. The van der Waals surface area contributed by atoms with Crippen LogP contribution < -0.4 is 14.8 Å². The normalized spacial score (nSPS) is 14.9. The number of sulfonamides is 1. The SMILES string of the molecule is CCOC(=O)C1(c2ccc(NC(=O)COc3ccc(S(=O)(=O)N[C@@H](C)c4ccccc4)cc3)cc2)CC1. The number of hydrogen-bond donors (Lipinski definition) is 2. The molecule has 4 rings (SSSR count). The Balaban J connectivity index is 1.28. The van der Waals surface area contributed by atoms with Crippen molar-refractivity contribution in [2.24, 2.45) is 0 Å². The van der Waals surface area contributed by atoms with Gasteiger partial charge in [-0.3, -0.25) is 9.59 Å². The third-order valence-corrected chi connectivity index (χ3v) is 7.83. The number of ether oxygens (including phenoxy) is 2. The summed E-state index contributed by atoms with van der Waals surface area (Å²) in [6.45, 7) is 3.66. The molecule has 0 heterocycles. The van der Waals surface area contributed by atoms with Gasteiger partial charge >= 0.3 is 5.97 Å². The fraction of sp³-hybridized carbons (Fsp3) is 0.286. The highest BCUT2D eigenvalue weighted by molar-refractivity contribution is 7.89. The van der Waals surface area contributed by atoms with Crippen LogP contribution in [-0.4, -0.2) is 33.5 Å². The van der Waals surface area contributed by atoms with Crippen molar-refractivity contribution in [3.63, 3.8) is 0 Å². The number of rotatable bonds is 11. The summed E-state index contributed by atoms with van der Waals surface area (Å²) in [5.41, 5.74) is 1.76. The summed E-state index contributed by atoms with van der Waals surface area (Å²) >= 11 is 0. The van der Waals surface area contributed by atoms with Crippen LogP contribution in [0, 0.1) is 0 Å². The Morgan fingerprint density at radius 3 is 2.19 bits per heavy atom. The molecule has 2 N–H and O–H groups in total. The van der Waals surface area contributed by atoms with Crippen molar-refractivity contribution in [3.05, 3.63) is 90.0 Å². The predicted molar refractivity (Wildman–Crippen MR) is 140 cm³/mol. The molecule has 0 aromatic heterocycles. The lowest BCUT2D eigenvalue weighted by molar-refractivity contribution is -0.146. The number of carbonyl (C=O) groups is 2. The minimum absolute atomic E-state index is 0.100. The van der Waals surface area contributed by atoms with E-state index in [0.29, 0.717) is 18.0 Å². The van der Waals surface area contributed by atoms with Crippen molar-refractivity contribution >= 4 is 27.6 Å². The van der Waals surface area contributed by atoms with E-state index in [1.54, 1.807) is 26.0 Å². The van der Waals surface area contributed by atoms with Crippen molar-refractivity contribution in [3.8, 4) is 5.75 Å². The number of hydrogen-bond acceptors (Lipinski definition) is 6. The van der Waals surface area contributed by atoms with Gasteiger partial charge in [0.2, 0.25) is 10.0 Å². The molecule has 0 bridgehead atoms. The largest absolute Gasteiger partial charge is 0.484 e. The van der Waals surface area contributed by atoms with E-state index in [1.807, 2.05) is 42.5 Å². The fourth-order valence-electron chi connectivity index (χ4n) is 4.05. The van der Waals surface area contributed by atoms with Gasteiger partial charge in [0.1, 0.15) is 5.75 Å². The van der Waals surface area contributed by atoms with Gasteiger partial charge in [-0.2, -0.15) is 0 Å². The second kappa shape index (κ2) is 11.1. The zero-order valence-electron chi connectivity index (χ0n) is 20.8. The molecule has 0 saturated heterocycles. The van der Waals surface area contributed by atoms with Gasteiger partial charge in [0.25, 0.3) is 5.91 Å². The molecule has 0 radical (unpaired) electrons. The van der Waals surface area contributed by atoms with E-state index < -0.39 is 15.4 Å². The smallest absolute Gasteiger partial charge is 0.316 e. The van der Waals surface area contributed by atoms with E-state index in [0.717, 1.165) is 24.0 Å². The monoisotopic (exact) mass is 522 g/mol. The van der Waals surface area contributed by atoms with Crippen LogP contribution in [0.25, 0.3) is 0 Å². The van der Waals surface area contributed by atoms with Gasteiger partial charge in [-0.05, 0) is 74.2 Å². The zero-order chi connectivity index (χ0) is 26.5. The van der Waals surface area contributed by atoms with E-state index >= 15 is 0 Å². The molecule has 9 heteroatoms. The Labute approximate surface area is 217 Å². The molecular formula is C28H30N2O6S. The first-order valence-electron chi connectivity index (χ1n) is 12.1. The lowest BCUT2D eigenvalue weighted by Gasteiger charge is -2.15. The van der Waals surface area contributed by atoms with E-state index in [-0.39, 0.29) is 29.4 Å². The second-order valence-electron chi connectivity index (χ2n) is 8.94. The van der Waals surface area contributed by atoms with Crippen LogP contribution in [0.5, 0.6) is 5.75 Å². The molecule has 8 nitrogen and oxygen atoms in total. The number of esters is 1. The first kappa shape index (κ1) is 26.4. The molecule has 0 spiro atoms. The van der Waals surface area contributed by atoms with Crippen molar-refractivity contribution in [2.75, 3.05) is 18.5 Å². The topological polar surface area (TPSA) is 111 Å². The average molecular weight is 523 g/mol. The van der Waals surface area contributed by atoms with Crippen LogP contribution in [0.1, 0.15) is 43.9 Å². The lowest BCUT2D eigenvalue weighted by Crippen LogP contribution is -2.26. The number of benzene rings is 3.